The number of nitrogens with one attached hydrogen (secondary N) is 1. The fourth-order valence-corrected chi connectivity index (χ4v) is 9.58. The number of carbonyl (C=O) groups excluding carboxylic acids is 2. The SMILES string of the molecule is CCCCC/C=C\C/C=C\C/C=C\C/C=C\CCCC(=O)OC(/C=C\CCCCCCCCCCC)C(COP(=O)(O)OCC[N+](C)(C)C)NC(=O)CCCCCCCCCCCCCCC/C=C\C/C=C\CCCCC. The molecule has 3 unspecified atom stereocenters. The first-order valence-corrected chi connectivity index (χ1v) is 33.4. The zero-order valence-electron chi connectivity index (χ0n) is 50.9. The molecule has 2 N–H and O–H groups in total. The van der Waals surface area contributed by atoms with Gasteiger partial charge >= 0.3 is 13.8 Å². The maximum atomic E-state index is 13.6. The molecule has 0 radical (unpaired) electrons. The number of rotatable bonds is 57. The van der Waals surface area contributed by atoms with Crippen LogP contribution in [0.1, 0.15) is 278 Å². The van der Waals surface area contributed by atoms with Crippen molar-refractivity contribution in [1.29, 1.82) is 0 Å². The number of unbranched alkanes of at least 4 members (excludes halogenated alkanes) is 29. The lowest BCUT2D eigenvalue weighted by Crippen LogP contribution is -2.47. The Bertz CT molecular complexity index is 1590. The topological polar surface area (TPSA) is 111 Å². The number of ether oxygens (including phenoxy) is 1. The average molecular weight is 1100 g/mol. The molecule has 0 aromatic rings. The lowest BCUT2D eigenvalue weighted by atomic mass is 10.0. The van der Waals surface area contributed by atoms with Gasteiger partial charge in [0.15, 0.2) is 0 Å². The highest BCUT2D eigenvalue weighted by Gasteiger charge is 2.30. The number of likely N-dealkylation sites (N-methyl/N-ethyl adjacent to an activating group) is 1. The summed E-state index contributed by atoms with van der Waals surface area (Å²) in [7, 11) is 1.46. The Labute approximate surface area is 476 Å². The number of hydrogen-bond donors (Lipinski definition) is 2. The van der Waals surface area contributed by atoms with Crippen LogP contribution < -0.4 is 5.32 Å². The number of amides is 1. The molecule has 0 aromatic heterocycles. The molecule has 0 aliphatic heterocycles. The highest BCUT2D eigenvalue weighted by molar-refractivity contribution is 7.47. The van der Waals surface area contributed by atoms with Gasteiger partial charge in [-0.2, -0.15) is 0 Å². The van der Waals surface area contributed by atoms with Crippen LogP contribution in [0.25, 0.3) is 0 Å². The van der Waals surface area contributed by atoms with E-state index in [-0.39, 0.29) is 31.5 Å². The maximum Gasteiger partial charge on any atom is 0.472 e. The molecule has 0 aliphatic carbocycles. The van der Waals surface area contributed by atoms with E-state index in [1.807, 2.05) is 33.3 Å². The molecule has 10 heteroatoms. The molecule has 1 amide bonds. The summed E-state index contributed by atoms with van der Waals surface area (Å²) in [5, 5.41) is 3.04. The minimum absolute atomic E-state index is 0.0291. The number of nitrogens with zero attached hydrogens (tertiary/aromatic N) is 1. The first-order chi connectivity index (χ1) is 37.4. The second kappa shape index (κ2) is 56.5. The summed E-state index contributed by atoms with van der Waals surface area (Å²) >= 11 is 0. The van der Waals surface area contributed by atoms with E-state index in [9.17, 15) is 19.0 Å². The molecule has 0 heterocycles. The molecule has 77 heavy (non-hydrogen) atoms. The molecule has 0 rings (SSSR count). The van der Waals surface area contributed by atoms with Crippen LogP contribution in [0.4, 0.5) is 0 Å². The molecule has 0 aromatic carbocycles. The number of phosphoric ester groups is 1. The molecule has 0 saturated heterocycles. The summed E-state index contributed by atoms with van der Waals surface area (Å²) in [6, 6.07) is -0.874. The predicted octanol–water partition coefficient (Wildman–Crippen LogP) is 19.8. The van der Waals surface area contributed by atoms with Crippen molar-refractivity contribution in [1.82, 2.24) is 5.32 Å². The molecule has 0 saturated carbocycles. The number of phosphoric acid groups is 1. The van der Waals surface area contributed by atoms with E-state index < -0.39 is 20.0 Å². The van der Waals surface area contributed by atoms with Gasteiger partial charge in [0, 0.05) is 12.8 Å². The largest absolute Gasteiger partial charge is 0.472 e. The molecule has 0 bridgehead atoms. The molecule has 9 nitrogen and oxygen atoms in total. The smallest absolute Gasteiger partial charge is 0.456 e. The molecule has 0 spiro atoms. The van der Waals surface area contributed by atoms with Gasteiger partial charge in [-0.1, -0.05) is 247 Å². The Hall–Kier alpha value is -2.81. The van der Waals surface area contributed by atoms with Crippen molar-refractivity contribution in [2.75, 3.05) is 40.9 Å². The van der Waals surface area contributed by atoms with Gasteiger partial charge in [0.25, 0.3) is 0 Å². The monoisotopic (exact) mass is 1100 g/mol. The van der Waals surface area contributed by atoms with Crippen LogP contribution in [-0.2, 0) is 27.9 Å². The van der Waals surface area contributed by atoms with E-state index in [2.05, 4.69) is 99.0 Å². The molecule has 0 aliphatic rings. The zero-order valence-corrected chi connectivity index (χ0v) is 51.8. The first kappa shape index (κ1) is 74.2. The van der Waals surface area contributed by atoms with Crippen molar-refractivity contribution in [2.24, 2.45) is 0 Å². The van der Waals surface area contributed by atoms with Crippen molar-refractivity contribution in [2.45, 2.75) is 290 Å². The minimum atomic E-state index is -4.46. The number of carbonyl (C=O) groups is 2. The minimum Gasteiger partial charge on any atom is -0.456 e. The molecule has 446 valence electrons. The van der Waals surface area contributed by atoms with Crippen LogP contribution in [0.15, 0.2) is 85.1 Å². The fourth-order valence-electron chi connectivity index (χ4n) is 8.85. The summed E-state index contributed by atoms with van der Waals surface area (Å²) in [6.07, 6.45) is 74.5. The number of esters is 1. The van der Waals surface area contributed by atoms with Crippen LogP contribution in [0, 0.1) is 0 Å². The summed E-state index contributed by atoms with van der Waals surface area (Å²) < 4.78 is 30.6. The first-order valence-electron chi connectivity index (χ1n) is 31.9. The van der Waals surface area contributed by atoms with Crippen LogP contribution in [0.5, 0.6) is 0 Å². The van der Waals surface area contributed by atoms with Crippen LogP contribution >= 0.6 is 7.82 Å². The zero-order chi connectivity index (χ0) is 56.4. The van der Waals surface area contributed by atoms with Crippen LogP contribution in [0.3, 0.4) is 0 Å². The van der Waals surface area contributed by atoms with Crippen LogP contribution in [0.2, 0.25) is 0 Å². The molecular formula is C67H122N2O7P+. The highest BCUT2D eigenvalue weighted by Crippen LogP contribution is 2.43. The second-order valence-corrected chi connectivity index (χ2v) is 24.0. The van der Waals surface area contributed by atoms with E-state index >= 15 is 0 Å². The van der Waals surface area contributed by atoms with Gasteiger partial charge in [-0.3, -0.25) is 18.6 Å². The third-order valence-electron chi connectivity index (χ3n) is 13.8. The van der Waals surface area contributed by atoms with E-state index in [0.29, 0.717) is 23.9 Å². The van der Waals surface area contributed by atoms with Crippen molar-refractivity contribution in [3.63, 3.8) is 0 Å². The Morgan fingerprint density at radius 1 is 0.455 bits per heavy atom. The molecule has 3 atom stereocenters. The number of allylic oxidation sites excluding steroid dienone is 13. The highest BCUT2D eigenvalue weighted by atomic mass is 31.2. The number of quaternary nitrogens is 1. The maximum absolute atomic E-state index is 13.6. The van der Waals surface area contributed by atoms with E-state index in [0.717, 1.165) is 70.6 Å². The Kier molecular flexibility index (Phi) is 54.4. The Morgan fingerprint density at radius 2 is 0.805 bits per heavy atom. The molecular weight excluding hydrogens is 976 g/mol. The summed E-state index contributed by atoms with van der Waals surface area (Å²) in [5.74, 6) is -0.570. The van der Waals surface area contributed by atoms with E-state index in [1.165, 1.54) is 167 Å². The third kappa shape index (κ3) is 57.7. The van der Waals surface area contributed by atoms with Gasteiger partial charge in [-0.25, -0.2) is 4.57 Å². The second-order valence-electron chi connectivity index (χ2n) is 22.6. The van der Waals surface area contributed by atoms with Crippen LogP contribution in [-0.4, -0.2) is 74.3 Å². The van der Waals surface area contributed by atoms with Gasteiger partial charge in [0.1, 0.15) is 19.3 Å². The standard InChI is InChI=1S/C67H121N2O7P/c1-7-10-13-16-19-22-25-27-29-31-32-33-34-35-36-38-39-41-44-47-50-53-56-59-66(70)68-64(63-75-77(72,73)74-62-61-69(4,5)6)65(58-55-52-49-46-43-24-21-18-15-12-9-3)76-67(71)60-57-54-51-48-45-42-40-37-30-28-26-23-20-17-14-11-8-2/h19-20,22-23,27-30,40,42,48,51,55,58,64-65H,7-18,21,24-26,31-39,41,43-47,49-50,52-54,56-57,59-63H2,1-6H3,(H-,68,70,72,73)/p+1/b22-19-,23-20-,29-27-,30-28-,42-40-,51-48-,58-55-. The average Bonchev–Trinajstić information content (AvgIpc) is 3.39. The normalized spacial score (nSPS) is 14.2. The lowest BCUT2D eigenvalue weighted by molar-refractivity contribution is -0.870. The van der Waals surface area contributed by atoms with Crippen molar-refractivity contribution in [3.8, 4) is 0 Å². The lowest BCUT2D eigenvalue weighted by Gasteiger charge is -2.27. The van der Waals surface area contributed by atoms with Gasteiger partial charge in [-0.05, 0) is 102 Å². The number of hydrogen-bond acceptors (Lipinski definition) is 6. The van der Waals surface area contributed by atoms with Gasteiger partial charge in [-0.15, -0.1) is 0 Å². The summed E-state index contributed by atoms with van der Waals surface area (Å²) in [5.41, 5.74) is 0. The summed E-state index contributed by atoms with van der Waals surface area (Å²) in [4.78, 5) is 37.7. The quantitative estimate of drug-likeness (QED) is 0.0205. The Morgan fingerprint density at radius 3 is 1.23 bits per heavy atom. The molecule has 0 fully saturated rings. The van der Waals surface area contributed by atoms with Crippen molar-refractivity contribution >= 4 is 19.7 Å². The fraction of sp³-hybridized carbons (Fsp3) is 0.761. The van der Waals surface area contributed by atoms with E-state index in [1.54, 1.807) is 0 Å². The van der Waals surface area contributed by atoms with Gasteiger partial charge < -0.3 is 19.4 Å². The van der Waals surface area contributed by atoms with Gasteiger partial charge in [0.05, 0.1) is 33.8 Å². The van der Waals surface area contributed by atoms with Crippen molar-refractivity contribution < 1.29 is 37.3 Å². The van der Waals surface area contributed by atoms with Crippen molar-refractivity contribution in [3.05, 3.63) is 85.1 Å². The third-order valence-corrected chi connectivity index (χ3v) is 14.8. The van der Waals surface area contributed by atoms with E-state index in [4.69, 9.17) is 13.8 Å². The summed E-state index contributed by atoms with van der Waals surface area (Å²) in [6.45, 7) is 6.92. The predicted molar refractivity (Wildman–Crippen MR) is 332 cm³/mol. The van der Waals surface area contributed by atoms with Gasteiger partial charge in [0.2, 0.25) is 5.91 Å². The Balaban J connectivity index is 5.21.